The van der Waals surface area contributed by atoms with Gasteiger partial charge in [-0.15, -0.1) is 11.8 Å². The van der Waals surface area contributed by atoms with Crippen molar-refractivity contribution in [1.82, 2.24) is 0 Å². The lowest BCUT2D eigenvalue weighted by Gasteiger charge is -2.20. The van der Waals surface area contributed by atoms with Gasteiger partial charge in [-0.1, -0.05) is 0 Å². The van der Waals surface area contributed by atoms with E-state index in [1.807, 2.05) is 0 Å². The molecule has 78 valence electrons. The molecule has 0 fully saturated rings. The van der Waals surface area contributed by atoms with Crippen LogP contribution in [0.3, 0.4) is 0 Å². The molecule has 0 aliphatic heterocycles. The lowest BCUT2D eigenvalue weighted by Crippen LogP contribution is -2.42. The van der Waals surface area contributed by atoms with Crippen LogP contribution in [0, 0.1) is 5.82 Å². The van der Waals surface area contributed by atoms with Crippen LogP contribution in [0.1, 0.15) is 6.92 Å². The molecule has 3 N–H and O–H groups in total. The van der Waals surface area contributed by atoms with E-state index in [-0.39, 0.29) is 12.4 Å². The molecule has 2 nitrogen and oxygen atoms in total. The molecule has 0 aromatic heterocycles. The second-order valence-electron chi connectivity index (χ2n) is 3.55. The minimum Gasteiger partial charge on any atom is -0.394 e. The van der Waals surface area contributed by atoms with Crippen LogP contribution in [0.15, 0.2) is 29.2 Å². The summed E-state index contributed by atoms with van der Waals surface area (Å²) in [4.78, 5) is 0.955. The van der Waals surface area contributed by atoms with Gasteiger partial charge in [0.1, 0.15) is 5.82 Å². The first kappa shape index (κ1) is 11.5. The molecule has 0 saturated heterocycles. The number of nitrogens with two attached hydrogens (primary N) is 1. The van der Waals surface area contributed by atoms with Crippen LogP contribution >= 0.6 is 11.8 Å². The third kappa shape index (κ3) is 3.65. The molecule has 1 atom stereocenters. The third-order valence-electron chi connectivity index (χ3n) is 1.74. The molecule has 1 rings (SSSR count). The van der Waals surface area contributed by atoms with Crippen LogP contribution < -0.4 is 5.73 Å². The Balaban J connectivity index is 2.50. The van der Waals surface area contributed by atoms with Crippen molar-refractivity contribution in [2.45, 2.75) is 17.4 Å². The van der Waals surface area contributed by atoms with Gasteiger partial charge in [0.05, 0.1) is 6.61 Å². The summed E-state index contributed by atoms with van der Waals surface area (Å²) in [6.45, 7) is 1.73. The van der Waals surface area contributed by atoms with Crippen molar-refractivity contribution >= 4 is 11.8 Å². The van der Waals surface area contributed by atoms with Gasteiger partial charge >= 0.3 is 0 Å². The molecule has 0 heterocycles. The summed E-state index contributed by atoms with van der Waals surface area (Å²) in [7, 11) is 0. The molecule has 1 aromatic carbocycles. The van der Waals surface area contributed by atoms with Crippen LogP contribution in [0.2, 0.25) is 0 Å². The molecule has 1 aromatic rings. The van der Waals surface area contributed by atoms with Crippen molar-refractivity contribution in [2.24, 2.45) is 5.73 Å². The van der Waals surface area contributed by atoms with Gasteiger partial charge in [-0.3, -0.25) is 0 Å². The average Bonchev–Trinajstić information content (AvgIpc) is 2.17. The third-order valence-corrected chi connectivity index (χ3v) is 3.15. The van der Waals surface area contributed by atoms with Gasteiger partial charge in [-0.25, -0.2) is 4.39 Å². The molecule has 0 bridgehead atoms. The molecule has 0 saturated carbocycles. The van der Waals surface area contributed by atoms with Gasteiger partial charge in [0, 0.05) is 16.2 Å². The number of rotatable bonds is 4. The smallest absolute Gasteiger partial charge is 0.123 e. The SMILES string of the molecule is CC(N)(CO)CSc1ccc(F)cc1. The largest absolute Gasteiger partial charge is 0.394 e. The van der Waals surface area contributed by atoms with E-state index in [9.17, 15) is 4.39 Å². The van der Waals surface area contributed by atoms with E-state index in [1.165, 1.54) is 23.9 Å². The predicted molar refractivity (Wildman–Crippen MR) is 56.8 cm³/mol. The molecule has 4 heteroatoms. The maximum atomic E-state index is 12.6. The molecule has 14 heavy (non-hydrogen) atoms. The lowest BCUT2D eigenvalue weighted by molar-refractivity contribution is 0.224. The minimum absolute atomic E-state index is 0.0544. The van der Waals surface area contributed by atoms with Crippen molar-refractivity contribution in [3.05, 3.63) is 30.1 Å². The van der Waals surface area contributed by atoms with Crippen molar-refractivity contribution < 1.29 is 9.50 Å². The summed E-state index contributed by atoms with van der Waals surface area (Å²) < 4.78 is 12.6. The number of aliphatic hydroxyl groups excluding tert-OH is 1. The highest BCUT2D eigenvalue weighted by atomic mass is 32.2. The summed E-state index contributed by atoms with van der Waals surface area (Å²) in [5.41, 5.74) is 5.16. The van der Waals surface area contributed by atoms with Crippen LogP contribution in [-0.4, -0.2) is 23.0 Å². The Morgan fingerprint density at radius 2 is 2.00 bits per heavy atom. The lowest BCUT2D eigenvalue weighted by atomic mass is 10.1. The predicted octanol–water partition coefficient (Wildman–Crippen LogP) is 1.63. The number of benzene rings is 1. The fraction of sp³-hybridized carbons (Fsp3) is 0.400. The maximum absolute atomic E-state index is 12.6. The molecular formula is C10H14FNOS. The minimum atomic E-state index is -0.584. The van der Waals surface area contributed by atoms with Gasteiger partial charge in [-0.05, 0) is 31.2 Å². The maximum Gasteiger partial charge on any atom is 0.123 e. The Kier molecular flexibility index (Phi) is 3.92. The topological polar surface area (TPSA) is 46.2 Å². The highest BCUT2D eigenvalue weighted by Gasteiger charge is 2.16. The summed E-state index contributed by atoms with van der Waals surface area (Å²) in [6.07, 6.45) is 0. The fourth-order valence-corrected chi connectivity index (χ4v) is 1.74. The number of halogens is 1. The van der Waals surface area contributed by atoms with Crippen molar-refractivity contribution in [2.75, 3.05) is 12.4 Å². The van der Waals surface area contributed by atoms with Crippen LogP contribution in [-0.2, 0) is 0 Å². The summed E-state index contributed by atoms with van der Waals surface area (Å²) in [5.74, 6) is 0.363. The van der Waals surface area contributed by atoms with Gasteiger partial charge in [-0.2, -0.15) is 0 Å². The molecule has 0 aliphatic rings. The zero-order valence-electron chi connectivity index (χ0n) is 8.03. The normalized spacial score (nSPS) is 15.1. The van der Waals surface area contributed by atoms with Crippen molar-refractivity contribution in [3.63, 3.8) is 0 Å². The zero-order chi connectivity index (χ0) is 10.6. The van der Waals surface area contributed by atoms with Crippen LogP contribution in [0.5, 0.6) is 0 Å². The standard InChI is InChI=1S/C10H14FNOS/c1-10(12,6-13)7-14-9-4-2-8(11)3-5-9/h2-5,13H,6-7,12H2,1H3. The fourth-order valence-electron chi connectivity index (χ4n) is 0.825. The van der Waals surface area contributed by atoms with Crippen LogP contribution in [0.4, 0.5) is 4.39 Å². The Bertz CT molecular complexity index is 287. The quantitative estimate of drug-likeness (QED) is 0.750. The van der Waals surface area contributed by atoms with Gasteiger partial charge in [0.2, 0.25) is 0 Å². The van der Waals surface area contributed by atoms with E-state index in [0.29, 0.717) is 5.75 Å². The second kappa shape index (κ2) is 4.77. The van der Waals surface area contributed by atoms with Crippen molar-refractivity contribution in [3.8, 4) is 0 Å². The van der Waals surface area contributed by atoms with Gasteiger partial charge in [0.25, 0.3) is 0 Å². The molecule has 0 spiro atoms. The molecule has 0 amide bonds. The Morgan fingerprint density at radius 1 is 1.43 bits per heavy atom. The summed E-state index contributed by atoms with van der Waals surface area (Å²) >= 11 is 1.51. The first-order valence-corrected chi connectivity index (χ1v) is 5.30. The van der Waals surface area contributed by atoms with E-state index in [4.69, 9.17) is 10.8 Å². The second-order valence-corrected chi connectivity index (χ2v) is 4.60. The number of aliphatic hydroxyl groups is 1. The highest BCUT2D eigenvalue weighted by molar-refractivity contribution is 7.99. The van der Waals surface area contributed by atoms with Gasteiger partial charge in [0.15, 0.2) is 0 Å². The van der Waals surface area contributed by atoms with E-state index < -0.39 is 5.54 Å². The van der Waals surface area contributed by atoms with E-state index in [2.05, 4.69) is 0 Å². The van der Waals surface area contributed by atoms with E-state index in [1.54, 1.807) is 19.1 Å². The van der Waals surface area contributed by atoms with E-state index in [0.717, 1.165) is 4.90 Å². The Labute approximate surface area is 87.3 Å². The first-order chi connectivity index (χ1) is 6.53. The zero-order valence-corrected chi connectivity index (χ0v) is 8.85. The molecular weight excluding hydrogens is 201 g/mol. The van der Waals surface area contributed by atoms with Gasteiger partial charge < -0.3 is 10.8 Å². The van der Waals surface area contributed by atoms with E-state index >= 15 is 0 Å². The van der Waals surface area contributed by atoms with Crippen LogP contribution in [0.25, 0.3) is 0 Å². The number of thioether (sulfide) groups is 1. The Morgan fingerprint density at radius 3 is 2.50 bits per heavy atom. The van der Waals surface area contributed by atoms with Crippen molar-refractivity contribution in [1.29, 1.82) is 0 Å². The molecule has 0 aliphatic carbocycles. The summed E-state index contributed by atoms with van der Waals surface area (Å²) in [6, 6.07) is 6.23. The monoisotopic (exact) mass is 215 g/mol. The molecule has 1 unspecified atom stereocenters. The average molecular weight is 215 g/mol. The number of hydrogen-bond acceptors (Lipinski definition) is 3. The Hall–Kier alpha value is -0.580. The highest BCUT2D eigenvalue weighted by Crippen LogP contribution is 2.21. The molecule has 0 radical (unpaired) electrons. The first-order valence-electron chi connectivity index (χ1n) is 4.32. The summed E-state index contributed by atoms with van der Waals surface area (Å²) in [5, 5.41) is 8.92. The number of hydrogen-bond donors (Lipinski definition) is 2.